The average molecular weight is 281 g/mol. The Morgan fingerprint density at radius 3 is 2.75 bits per heavy atom. The van der Waals surface area contributed by atoms with Gasteiger partial charge in [0.2, 0.25) is 5.91 Å². The van der Waals surface area contributed by atoms with E-state index >= 15 is 0 Å². The van der Waals surface area contributed by atoms with Crippen molar-refractivity contribution in [2.75, 3.05) is 0 Å². The summed E-state index contributed by atoms with van der Waals surface area (Å²) in [4.78, 5) is 12.0. The minimum Gasteiger partial charge on any atom is -0.352 e. The largest absolute Gasteiger partial charge is 0.352 e. The number of amides is 1. The van der Waals surface area contributed by atoms with Gasteiger partial charge in [0.1, 0.15) is 0 Å². The minimum absolute atomic E-state index is 0.0625. The molecule has 0 aliphatic carbocycles. The summed E-state index contributed by atoms with van der Waals surface area (Å²) in [5, 5.41) is 9.37. The van der Waals surface area contributed by atoms with Gasteiger partial charge in [0, 0.05) is 6.54 Å². The first-order valence-electron chi connectivity index (χ1n) is 6.57. The van der Waals surface area contributed by atoms with Crippen LogP contribution in [0, 0.1) is 0 Å². The first kappa shape index (κ1) is 12.9. The van der Waals surface area contributed by atoms with E-state index in [-0.39, 0.29) is 5.91 Å². The van der Waals surface area contributed by atoms with Crippen LogP contribution in [0.1, 0.15) is 11.1 Å². The summed E-state index contributed by atoms with van der Waals surface area (Å²) >= 11 is 1.65. The summed E-state index contributed by atoms with van der Waals surface area (Å²) in [6.45, 7) is 0.604. The predicted molar refractivity (Wildman–Crippen MR) is 83.8 cm³/mol. The van der Waals surface area contributed by atoms with Gasteiger partial charge in [-0.3, -0.25) is 4.79 Å². The van der Waals surface area contributed by atoms with Gasteiger partial charge in [0.25, 0.3) is 0 Å². The zero-order valence-electron chi connectivity index (χ0n) is 11.0. The van der Waals surface area contributed by atoms with E-state index in [1.807, 2.05) is 35.7 Å². The fraction of sp³-hybridized carbons (Fsp3) is 0.118. The van der Waals surface area contributed by atoms with E-state index in [1.165, 1.54) is 5.39 Å². The molecule has 0 saturated heterocycles. The van der Waals surface area contributed by atoms with Crippen molar-refractivity contribution in [3.8, 4) is 0 Å². The van der Waals surface area contributed by atoms with Gasteiger partial charge in [0.15, 0.2) is 0 Å². The minimum atomic E-state index is 0.0625. The molecule has 0 aliphatic rings. The number of carbonyl (C=O) groups excluding carboxylic acids is 1. The maximum absolute atomic E-state index is 12.0. The molecule has 0 spiro atoms. The molecule has 20 heavy (non-hydrogen) atoms. The Hall–Kier alpha value is -2.13. The van der Waals surface area contributed by atoms with Crippen molar-refractivity contribution < 1.29 is 4.79 Å². The van der Waals surface area contributed by atoms with E-state index in [2.05, 4.69) is 28.9 Å². The van der Waals surface area contributed by atoms with E-state index < -0.39 is 0 Å². The summed E-state index contributed by atoms with van der Waals surface area (Å²) in [7, 11) is 0. The fourth-order valence-electron chi connectivity index (χ4n) is 2.28. The number of thiophene rings is 1. The molecule has 1 amide bonds. The molecule has 0 bridgehead atoms. The normalized spacial score (nSPS) is 10.6. The molecule has 1 heterocycles. The molecule has 0 radical (unpaired) electrons. The van der Waals surface area contributed by atoms with Crippen LogP contribution >= 0.6 is 11.3 Å². The monoisotopic (exact) mass is 281 g/mol. The Bertz CT molecular complexity index is 713. The van der Waals surface area contributed by atoms with Crippen molar-refractivity contribution in [3.05, 3.63) is 70.4 Å². The first-order valence-corrected chi connectivity index (χ1v) is 7.51. The Morgan fingerprint density at radius 2 is 1.90 bits per heavy atom. The Kier molecular flexibility index (Phi) is 3.79. The average Bonchev–Trinajstić information content (AvgIpc) is 2.99. The zero-order chi connectivity index (χ0) is 13.8. The number of rotatable bonds is 4. The second kappa shape index (κ2) is 5.88. The molecule has 2 aromatic carbocycles. The lowest BCUT2D eigenvalue weighted by Crippen LogP contribution is -2.24. The van der Waals surface area contributed by atoms with Gasteiger partial charge in [-0.25, -0.2) is 0 Å². The van der Waals surface area contributed by atoms with Crippen LogP contribution in [0.15, 0.2) is 59.3 Å². The second-order valence-corrected chi connectivity index (χ2v) is 5.50. The molecule has 3 aromatic rings. The lowest BCUT2D eigenvalue weighted by molar-refractivity contribution is -0.120. The molecule has 100 valence electrons. The van der Waals surface area contributed by atoms with Crippen LogP contribution in [0.5, 0.6) is 0 Å². The highest BCUT2D eigenvalue weighted by molar-refractivity contribution is 7.07. The van der Waals surface area contributed by atoms with Crippen molar-refractivity contribution in [3.63, 3.8) is 0 Å². The molecule has 3 rings (SSSR count). The van der Waals surface area contributed by atoms with Crippen molar-refractivity contribution >= 4 is 28.0 Å². The number of hydrogen-bond acceptors (Lipinski definition) is 2. The smallest absolute Gasteiger partial charge is 0.224 e. The number of hydrogen-bond donors (Lipinski definition) is 1. The number of nitrogens with one attached hydrogen (secondary N) is 1. The first-order chi connectivity index (χ1) is 9.83. The van der Waals surface area contributed by atoms with Gasteiger partial charge in [-0.15, -0.1) is 0 Å². The van der Waals surface area contributed by atoms with Gasteiger partial charge < -0.3 is 5.32 Å². The van der Waals surface area contributed by atoms with Crippen molar-refractivity contribution in [1.82, 2.24) is 5.32 Å². The fourth-order valence-corrected chi connectivity index (χ4v) is 2.94. The quantitative estimate of drug-likeness (QED) is 0.775. The lowest BCUT2D eigenvalue weighted by atomic mass is 10.0. The van der Waals surface area contributed by atoms with Crippen LogP contribution in [-0.4, -0.2) is 5.91 Å². The van der Waals surface area contributed by atoms with Crippen molar-refractivity contribution in [2.24, 2.45) is 0 Å². The number of carbonyl (C=O) groups is 1. The van der Waals surface area contributed by atoms with Gasteiger partial charge in [0.05, 0.1) is 6.42 Å². The van der Waals surface area contributed by atoms with E-state index in [1.54, 1.807) is 11.3 Å². The molecular formula is C17H15NOS. The molecule has 2 nitrogen and oxygen atoms in total. The van der Waals surface area contributed by atoms with Crippen LogP contribution in [-0.2, 0) is 17.8 Å². The molecule has 1 aromatic heterocycles. The molecular weight excluding hydrogens is 266 g/mol. The van der Waals surface area contributed by atoms with E-state index in [9.17, 15) is 4.79 Å². The summed E-state index contributed by atoms with van der Waals surface area (Å²) in [6, 6.07) is 16.3. The molecule has 0 saturated carbocycles. The SMILES string of the molecule is O=C(Cc1cccc2ccccc12)NCc1ccsc1. The van der Waals surface area contributed by atoms with Crippen molar-refractivity contribution in [2.45, 2.75) is 13.0 Å². The Labute approximate surface area is 122 Å². The summed E-state index contributed by atoms with van der Waals surface area (Å²) in [6.07, 6.45) is 0.422. The predicted octanol–water partition coefficient (Wildman–Crippen LogP) is 3.76. The molecule has 0 aliphatic heterocycles. The molecule has 3 heteroatoms. The third-order valence-electron chi connectivity index (χ3n) is 3.30. The topological polar surface area (TPSA) is 29.1 Å². The van der Waals surface area contributed by atoms with Crippen LogP contribution in [0.3, 0.4) is 0 Å². The highest BCUT2D eigenvalue weighted by Crippen LogP contribution is 2.18. The van der Waals surface area contributed by atoms with Crippen molar-refractivity contribution in [1.29, 1.82) is 0 Å². The van der Waals surface area contributed by atoms with Gasteiger partial charge in [-0.05, 0) is 38.7 Å². The van der Waals surface area contributed by atoms with E-state index in [0.29, 0.717) is 13.0 Å². The van der Waals surface area contributed by atoms with Crippen LogP contribution in [0.2, 0.25) is 0 Å². The lowest BCUT2D eigenvalue weighted by Gasteiger charge is -2.07. The van der Waals surface area contributed by atoms with Crippen LogP contribution in [0.4, 0.5) is 0 Å². The summed E-state index contributed by atoms with van der Waals surface area (Å²) in [5.74, 6) is 0.0625. The van der Waals surface area contributed by atoms with Gasteiger partial charge in [-0.2, -0.15) is 11.3 Å². The van der Waals surface area contributed by atoms with E-state index in [4.69, 9.17) is 0 Å². The highest BCUT2D eigenvalue weighted by Gasteiger charge is 2.06. The van der Waals surface area contributed by atoms with Gasteiger partial charge >= 0.3 is 0 Å². The Balaban J connectivity index is 1.71. The second-order valence-electron chi connectivity index (χ2n) is 4.72. The molecule has 0 atom stereocenters. The van der Waals surface area contributed by atoms with Gasteiger partial charge in [-0.1, -0.05) is 42.5 Å². The standard InChI is InChI=1S/C17H15NOS/c19-17(18-11-13-8-9-20-12-13)10-15-6-3-5-14-4-1-2-7-16(14)15/h1-9,12H,10-11H2,(H,18,19). The molecule has 1 N–H and O–H groups in total. The number of fused-ring (bicyclic) bond motifs is 1. The van der Waals surface area contributed by atoms with Crippen LogP contribution in [0.25, 0.3) is 10.8 Å². The zero-order valence-corrected chi connectivity index (χ0v) is 11.8. The number of benzene rings is 2. The third-order valence-corrected chi connectivity index (χ3v) is 4.03. The van der Waals surface area contributed by atoms with E-state index in [0.717, 1.165) is 16.5 Å². The maximum Gasteiger partial charge on any atom is 0.224 e. The molecule has 0 unspecified atom stereocenters. The van der Waals surface area contributed by atoms with Crippen LogP contribution < -0.4 is 5.32 Å². The molecule has 0 fully saturated rings. The highest BCUT2D eigenvalue weighted by atomic mass is 32.1. The Morgan fingerprint density at radius 1 is 1.05 bits per heavy atom. The summed E-state index contributed by atoms with van der Waals surface area (Å²) < 4.78 is 0. The maximum atomic E-state index is 12.0. The third kappa shape index (κ3) is 2.89. The summed E-state index contributed by atoms with van der Waals surface area (Å²) in [5.41, 5.74) is 2.23.